The van der Waals surface area contributed by atoms with Crippen LogP contribution in [0.4, 0.5) is 0 Å². The number of amides is 1. The molecule has 16 atom stereocenters. The van der Waals surface area contributed by atoms with E-state index in [1.54, 1.807) is 41.1 Å². The Bertz CT molecular complexity index is 2060. The molecule has 2 unspecified atom stereocenters. The Kier molecular flexibility index (Phi) is 27.0. The van der Waals surface area contributed by atoms with Gasteiger partial charge in [0, 0.05) is 84.7 Å². The lowest BCUT2D eigenvalue weighted by Crippen LogP contribution is -2.61. The summed E-state index contributed by atoms with van der Waals surface area (Å²) in [7, 11) is 4.68. The number of allylic oxidation sites excluding steroid dienone is 6. The lowest BCUT2D eigenvalue weighted by Gasteiger charge is -2.43. The molecule has 2 N–H and O–H groups in total. The zero-order valence-electron chi connectivity index (χ0n) is 49.1. The molecule has 0 radical (unpaired) electrons. The first-order valence-corrected chi connectivity index (χ1v) is 29.2. The minimum absolute atomic E-state index is 0.00343. The number of methoxy groups -OCH3 is 3. The van der Waals surface area contributed by atoms with E-state index < -0.39 is 77.8 Å². The maximum absolute atomic E-state index is 14.7. The van der Waals surface area contributed by atoms with Gasteiger partial charge in [-0.3, -0.25) is 24.1 Å². The largest absolute Gasteiger partial charge is 0.460 e. The number of morpholine rings is 1. The predicted octanol–water partition coefficient (Wildman–Crippen LogP) is 7.33. The normalized spacial score (nSPS) is 37.0. The number of carbonyl (C=O) groups excluding carboxylic acids is 5. The maximum Gasteiger partial charge on any atom is 0.329 e. The Morgan fingerprint density at radius 2 is 1.59 bits per heavy atom. The van der Waals surface area contributed by atoms with Crippen LogP contribution in [0.1, 0.15) is 139 Å². The van der Waals surface area contributed by atoms with Crippen molar-refractivity contribution in [2.75, 3.05) is 73.9 Å². The average Bonchev–Trinajstić information content (AvgIpc) is 3.44. The molecule has 5 aliphatic rings. The molecule has 5 rings (SSSR count). The fourth-order valence-electron chi connectivity index (χ4n) is 12.1. The van der Waals surface area contributed by atoms with Gasteiger partial charge in [-0.1, -0.05) is 71.1 Å². The van der Waals surface area contributed by atoms with Crippen molar-refractivity contribution in [2.45, 2.75) is 200 Å². The van der Waals surface area contributed by atoms with Crippen molar-refractivity contribution in [3.63, 3.8) is 0 Å². The molecule has 4 fully saturated rings. The Labute approximate surface area is 466 Å². The number of rotatable bonds is 14. The summed E-state index contributed by atoms with van der Waals surface area (Å²) in [5.74, 6) is -7.94. The van der Waals surface area contributed by atoms with E-state index in [-0.39, 0.29) is 80.0 Å². The van der Waals surface area contributed by atoms with E-state index in [4.69, 9.17) is 37.9 Å². The molecule has 17 heteroatoms. The number of aliphatic hydroxyl groups is 2. The highest BCUT2D eigenvalue weighted by Crippen LogP contribution is 2.38. The van der Waals surface area contributed by atoms with Crippen molar-refractivity contribution in [3.8, 4) is 0 Å². The van der Waals surface area contributed by atoms with Crippen LogP contribution < -0.4 is 0 Å². The summed E-state index contributed by atoms with van der Waals surface area (Å²) >= 11 is 0. The van der Waals surface area contributed by atoms with Gasteiger partial charge in [-0.15, -0.1) is 0 Å². The van der Waals surface area contributed by atoms with Gasteiger partial charge < -0.3 is 53.0 Å². The van der Waals surface area contributed by atoms with E-state index in [1.807, 2.05) is 58.1 Å². The van der Waals surface area contributed by atoms with Gasteiger partial charge in [0.1, 0.15) is 30.1 Å². The summed E-state index contributed by atoms with van der Waals surface area (Å²) < 4.78 is 48.0. The Balaban J connectivity index is 1.41. The lowest BCUT2D eigenvalue weighted by atomic mass is 9.78. The number of carbonyl (C=O) groups is 5. The molecule has 0 aromatic carbocycles. The topological polar surface area (TPSA) is 206 Å². The number of piperidine rings is 1. The van der Waals surface area contributed by atoms with Crippen molar-refractivity contribution in [2.24, 2.45) is 35.5 Å². The lowest BCUT2D eigenvalue weighted by molar-refractivity contribution is -0.266. The first kappa shape index (κ1) is 65.3. The summed E-state index contributed by atoms with van der Waals surface area (Å²) in [5.41, 5.74) is 1.26. The minimum Gasteiger partial charge on any atom is -0.460 e. The number of cyclic esters (lactones) is 1. The van der Waals surface area contributed by atoms with Gasteiger partial charge in [0.15, 0.2) is 5.78 Å². The summed E-state index contributed by atoms with van der Waals surface area (Å²) in [5, 5.41) is 23.8. The van der Waals surface area contributed by atoms with Gasteiger partial charge in [0.2, 0.25) is 5.79 Å². The second kappa shape index (κ2) is 32.2. The van der Waals surface area contributed by atoms with Crippen LogP contribution in [-0.2, 0) is 61.9 Å². The number of ether oxygens (including phenoxy) is 8. The molecule has 1 aliphatic carbocycles. The fraction of sp³-hybridized carbons (Fsp3) is 0.787. The van der Waals surface area contributed by atoms with E-state index >= 15 is 0 Å². The standard InChI is InChI=1S/C61H98N2O15/c1-39-18-13-12-14-19-40(2)52(76-31-30-71-9)36-48-23-21-45(7)61(70,78-48)58(67)59(68)63-26-16-15-20-49(63)60(69)77-53(37-50(64)41(3)33-44(6)56(66)57(73-11)55(65)43(5)32-39)42(4)34-47-22-24-51(54(35-47)72-10)75-28-17-25-62-27-29-74-46(8)38-62/h12-14,18-19,33,39,41-43,45-49,51-54,56-57,66,70H,15-17,20-32,34-38H2,1-11H3/b14-12?,18-13+,40-19?,44-33+/t39-,41-,42-,43-,45-,46+,47+,48+,49?,51-,52?,53+,54-,56-,57+,61-/m1/s1. The number of nitrogens with zero attached hydrogens (tertiary/aromatic N) is 2. The first-order chi connectivity index (χ1) is 37.2. The molecule has 1 amide bonds. The second-order valence-electron chi connectivity index (χ2n) is 23.4. The quantitative estimate of drug-likeness (QED) is 0.0756. The number of hydrogen-bond acceptors (Lipinski definition) is 16. The van der Waals surface area contributed by atoms with Crippen LogP contribution in [0.15, 0.2) is 47.6 Å². The van der Waals surface area contributed by atoms with Crippen LogP contribution in [0.5, 0.6) is 0 Å². The summed E-state index contributed by atoms with van der Waals surface area (Å²) in [6.07, 6.45) is 13.5. The molecule has 17 nitrogen and oxygen atoms in total. The van der Waals surface area contributed by atoms with E-state index in [9.17, 15) is 34.2 Å². The highest BCUT2D eigenvalue weighted by atomic mass is 16.6. The molecule has 0 spiro atoms. The van der Waals surface area contributed by atoms with Crippen molar-refractivity contribution >= 4 is 29.2 Å². The van der Waals surface area contributed by atoms with Gasteiger partial charge in [0.05, 0.1) is 50.3 Å². The average molecular weight is 1100 g/mol. The summed E-state index contributed by atoms with van der Waals surface area (Å²) in [6, 6.07) is -1.15. The van der Waals surface area contributed by atoms with Crippen LogP contribution in [0.25, 0.3) is 0 Å². The van der Waals surface area contributed by atoms with Crippen LogP contribution in [0, 0.1) is 35.5 Å². The number of Topliss-reactive ketones (excluding diaryl/α,β-unsaturated/α-hetero) is 3. The fourth-order valence-corrected chi connectivity index (χ4v) is 12.1. The second-order valence-corrected chi connectivity index (χ2v) is 23.4. The molecule has 2 bridgehead atoms. The zero-order chi connectivity index (χ0) is 57.1. The molecular formula is C61H98N2O15. The molecule has 0 aromatic heterocycles. The molecular weight excluding hydrogens is 1000 g/mol. The monoisotopic (exact) mass is 1100 g/mol. The van der Waals surface area contributed by atoms with Gasteiger partial charge in [-0.25, -0.2) is 4.79 Å². The smallest absolute Gasteiger partial charge is 0.329 e. The van der Waals surface area contributed by atoms with Crippen molar-refractivity contribution in [1.82, 2.24) is 9.80 Å². The predicted molar refractivity (Wildman–Crippen MR) is 296 cm³/mol. The zero-order valence-corrected chi connectivity index (χ0v) is 49.1. The third kappa shape index (κ3) is 18.8. The molecule has 3 saturated heterocycles. The number of hydrogen-bond donors (Lipinski definition) is 2. The highest BCUT2D eigenvalue weighted by Gasteiger charge is 2.53. The number of esters is 1. The Morgan fingerprint density at radius 3 is 2.31 bits per heavy atom. The van der Waals surface area contributed by atoms with Crippen molar-refractivity contribution in [3.05, 3.63) is 47.6 Å². The van der Waals surface area contributed by atoms with Crippen LogP contribution >= 0.6 is 0 Å². The molecule has 4 heterocycles. The van der Waals surface area contributed by atoms with Crippen LogP contribution in [0.3, 0.4) is 0 Å². The van der Waals surface area contributed by atoms with Crippen LogP contribution in [0.2, 0.25) is 0 Å². The van der Waals surface area contributed by atoms with E-state index in [0.29, 0.717) is 57.3 Å². The SMILES string of the molecule is COCCOC1C[C@@H]2CC[C@@H](C)[C@@](O)(O2)C(=O)C(=O)N2CCCCC2C(=O)O[C@H]([C@H](C)C[C@@H]2CC[C@@H](OCCCN3CCO[C@@H](C)C3)[C@H](OC)C2)CC(=O)[C@H](C)/C=C(\C)[C@@H](O)[C@@H](OC)C(=O)[C@H](C)C[C@H](C)/C=C/C=CC=C1C. The highest BCUT2D eigenvalue weighted by molar-refractivity contribution is 6.39. The summed E-state index contributed by atoms with van der Waals surface area (Å²) in [4.78, 5) is 75.6. The van der Waals surface area contributed by atoms with E-state index in [1.165, 1.54) is 12.0 Å². The van der Waals surface area contributed by atoms with E-state index in [2.05, 4.69) is 11.8 Å². The molecule has 4 aliphatic heterocycles. The number of ketones is 3. The van der Waals surface area contributed by atoms with Gasteiger partial charge in [-0.05, 0) is 120 Å². The third-order valence-corrected chi connectivity index (χ3v) is 17.1. The van der Waals surface area contributed by atoms with E-state index in [0.717, 1.165) is 57.5 Å². The first-order valence-electron chi connectivity index (χ1n) is 29.2. The molecule has 442 valence electrons. The third-order valence-electron chi connectivity index (χ3n) is 17.1. The van der Waals surface area contributed by atoms with Crippen LogP contribution in [-0.4, -0.2) is 184 Å². The number of aliphatic hydroxyl groups excluding tert-OH is 1. The van der Waals surface area contributed by atoms with Gasteiger partial charge >= 0.3 is 5.97 Å². The summed E-state index contributed by atoms with van der Waals surface area (Å²) in [6.45, 7) is 19.8. The Morgan fingerprint density at radius 1 is 0.821 bits per heavy atom. The van der Waals surface area contributed by atoms with Crippen molar-refractivity contribution < 1.29 is 72.1 Å². The van der Waals surface area contributed by atoms with Gasteiger partial charge in [-0.2, -0.15) is 0 Å². The number of fused-ring (bicyclic) bond motifs is 3. The molecule has 0 aromatic rings. The maximum atomic E-state index is 14.7. The molecule has 78 heavy (non-hydrogen) atoms. The molecule has 1 saturated carbocycles. The van der Waals surface area contributed by atoms with Crippen molar-refractivity contribution in [1.29, 1.82) is 0 Å². The van der Waals surface area contributed by atoms with Gasteiger partial charge in [0.25, 0.3) is 11.7 Å². The minimum atomic E-state index is -2.46. The Hall–Kier alpha value is -3.49.